The molecule has 5 heteroatoms. The fourth-order valence-corrected chi connectivity index (χ4v) is 4.49. The molecular formula is C18H25ClN2O2. The van der Waals surface area contributed by atoms with E-state index in [0.717, 1.165) is 43.6 Å². The highest BCUT2D eigenvalue weighted by Crippen LogP contribution is 2.38. The summed E-state index contributed by atoms with van der Waals surface area (Å²) in [5.74, 6) is 1.51. The Balaban J connectivity index is 1.39. The minimum Gasteiger partial charge on any atom is -0.496 e. The van der Waals surface area contributed by atoms with Crippen molar-refractivity contribution >= 4 is 11.6 Å². The first kappa shape index (κ1) is 15.7. The largest absolute Gasteiger partial charge is 0.496 e. The van der Waals surface area contributed by atoms with Gasteiger partial charge in [-0.2, -0.15) is 0 Å². The fourth-order valence-electron chi connectivity index (χ4n) is 4.30. The third kappa shape index (κ3) is 2.98. The Morgan fingerprint density at radius 3 is 2.70 bits per heavy atom. The zero-order chi connectivity index (χ0) is 15.9. The van der Waals surface area contributed by atoms with Crippen LogP contribution in [0.15, 0.2) is 18.2 Å². The number of halogens is 1. The zero-order valence-corrected chi connectivity index (χ0v) is 14.4. The van der Waals surface area contributed by atoms with E-state index in [1.165, 1.54) is 24.8 Å². The summed E-state index contributed by atoms with van der Waals surface area (Å²) in [6, 6.07) is 6.57. The lowest BCUT2D eigenvalue weighted by Crippen LogP contribution is -2.59. The maximum absolute atomic E-state index is 6.19. The SMILES string of the molecule is COc1ccc(Cl)cc1C1CCN(C2COC3(CNC3)C2)CC1. The van der Waals surface area contributed by atoms with E-state index in [9.17, 15) is 0 Å². The van der Waals surface area contributed by atoms with Gasteiger partial charge in [-0.3, -0.25) is 4.90 Å². The number of likely N-dealkylation sites (tertiary alicyclic amines) is 1. The van der Waals surface area contributed by atoms with Crippen LogP contribution < -0.4 is 10.1 Å². The molecule has 3 aliphatic heterocycles. The Morgan fingerprint density at radius 2 is 2.09 bits per heavy atom. The number of rotatable bonds is 3. The molecule has 0 saturated carbocycles. The van der Waals surface area contributed by atoms with Crippen molar-refractivity contribution in [2.75, 3.05) is 39.9 Å². The van der Waals surface area contributed by atoms with Crippen LogP contribution in [0.5, 0.6) is 5.75 Å². The molecule has 3 saturated heterocycles. The zero-order valence-electron chi connectivity index (χ0n) is 13.7. The first-order chi connectivity index (χ1) is 11.2. The highest BCUT2D eigenvalue weighted by Gasteiger charge is 2.47. The predicted molar refractivity (Wildman–Crippen MR) is 91.5 cm³/mol. The molecule has 3 aliphatic rings. The Kier molecular flexibility index (Phi) is 4.26. The second-order valence-electron chi connectivity index (χ2n) is 7.15. The smallest absolute Gasteiger partial charge is 0.122 e. The number of methoxy groups -OCH3 is 1. The number of hydrogen-bond donors (Lipinski definition) is 1. The van der Waals surface area contributed by atoms with Gasteiger partial charge in [-0.15, -0.1) is 0 Å². The molecule has 1 spiro atoms. The average molecular weight is 337 g/mol. The van der Waals surface area contributed by atoms with Crippen molar-refractivity contribution in [1.29, 1.82) is 0 Å². The molecule has 126 valence electrons. The number of benzene rings is 1. The fraction of sp³-hybridized carbons (Fsp3) is 0.667. The molecule has 4 rings (SSSR count). The highest BCUT2D eigenvalue weighted by molar-refractivity contribution is 6.30. The van der Waals surface area contributed by atoms with E-state index in [1.54, 1.807) is 7.11 Å². The lowest BCUT2D eigenvalue weighted by atomic mass is 9.86. The molecule has 1 N–H and O–H groups in total. The summed E-state index contributed by atoms with van der Waals surface area (Å²) < 4.78 is 11.6. The van der Waals surface area contributed by atoms with Gasteiger partial charge in [0.15, 0.2) is 0 Å². The molecule has 23 heavy (non-hydrogen) atoms. The Labute approximate surface area is 143 Å². The number of hydrogen-bond acceptors (Lipinski definition) is 4. The summed E-state index contributed by atoms with van der Waals surface area (Å²) in [5, 5.41) is 4.14. The third-order valence-electron chi connectivity index (χ3n) is 5.76. The van der Waals surface area contributed by atoms with Gasteiger partial charge in [-0.25, -0.2) is 0 Å². The van der Waals surface area contributed by atoms with Gasteiger partial charge in [0.05, 0.1) is 19.3 Å². The normalized spacial score (nSPS) is 28.0. The Morgan fingerprint density at radius 1 is 1.30 bits per heavy atom. The second-order valence-corrected chi connectivity index (χ2v) is 7.59. The number of nitrogens with zero attached hydrogens (tertiary/aromatic N) is 1. The van der Waals surface area contributed by atoms with Gasteiger partial charge in [0.1, 0.15) is 5.75 Å². The van der Waals surface area contributed by atoms with E-state index < -0.39 is 0 Å². The van der Waals surface area contributed by atoms with Crippen LogP contribution in [0.3, 0.4) is 0 Å². The lowest BCUT2D eigenvalue weighted by Gasteiger charge is -2.40. The molecule has 1 unspecified atom stereocenters. The van der Waals surface area contributed by atoms with Crippen molar-refractivity contribution in [1.82, 2.24) is 10.2 Å². The molecule has 0 radical (unpaired) electrons. The number of ether oxygens (including phenoxy) is 2. The van der Waals surface area contributed by atoms with Crippen LogP contribution in [0, 0.1) is 0 Å². The van der Waals surface area contributed by atoms with E-state index in [2.05, 4.69) is 16.3 Å². The van der Waals surface area contributed by atoms with E-state index in [-0.39, 0.29) is 5.60 Å². The van der Waals surface area contributed by atoms with Gasteiger partial charge in [-0.1, -0.05) is 11.6 Å². The van der Waals surface area contributed by atoms with Crippen molar-refractivity contribution in [2.45, 2.75) is 36.8 Å². The minimum atomic E-state index is 0.150. The van der Waals surface area contributed by atoms with Gasteiger partial charge < -0.3 is 14.8 Å². The maximum Gasteiger partial charge on any atom is 0.122 e. The van der Waals surface area contributed by atoms with E-state index >= 15 is 0 Å². The van der Waals surface area contributed by atoms with E-state index in [1.807, 2.05) is 12.1 Å². The maximum atomic E-state index is 6.19. The van der Waals surface area contributed by atoms with Gasteiger partial charge in [0.25, 0.3) is 0 Å². The standard InChI is InChI=1S/C18H25ClN2O2/c1-22-17-3-2-14(19)8-16(17)13-4-6-21(7-5-13)15-9-18(23-10-15)11-20-12-18/h2-3,8,13,15,20H,4-7,9-12H2,1H3. The molecule has 3 fully saturated rings. The third-order valence-corrected chi connectivity index (χ3v) is 6.00. The molecule has 0 amide bonds. The minimum absolute atomic E-state index is 0.150. The van der Waals surface area contributed by atoms with Crippen LogP contribution in [0.25, 0.3) is 0 Å². The van der Waals surface area contributed by atoms with Gasteiger partial charge in [-0.05, 0) is 62.0 Å². The van der Waals surface area contributed by atoms with Crippen molar-refractivity contribution < 1.29 is 9.47 Å². The average Bonchev–Trinajstić information content (AvgIpc) is 3.01. The van der Waals surface area contributed by atoms with E-state index in [4.69, 9.17) is 21.1 Å². The van der Waals surface area contributed by atoms with Crippen LogP contribution in [0.2, 0.25) is 5.02 Å². The monoisotopic (exact) mass is 336 g/mol. The summed E-state index contributed by atoms with van der Waals surface area (Å²) in [4.78, 5) is 2.63. The Hall–Kier alpha value is -0.810. The lowest BCUT2D eigenvalue weighted by molar-refractivity contribution is -0.0367. The molecule has 1 aromatic carbocycles. The Bertz CT molecular complexity index is 568. The first-order valence-corrected chi connectivity index (χ1v) is 8.99. The molecule has 3 heterocycles. The van der Waals surface area contributed by atoms with Crippen molar-refractivity contribution in [3.63, 3.8) is 0 Å². The molecule has 0 aromatic heterocycles. The van der Waals surface area contributed by atoms with Crippen LogP contribution in [-0.4, -0.2) is 56.4 Å². The molecular weight excluding hydrogens is 312 g/mol. The quantitative estimate of drug-likeness (QED) is 0.920. The summed E-state index contributed by atoms with van der Waals surface area (Å²) in [7, 11) is 1.74. The van der Waals surface area contributed by atoms with Crippen molar-refractivity contribution in [3.05, 3.63) is 28.8 Å². The molecule has 0 aliphatic carbocycles. The van der Waals surface area contributed by atoms with Gasteiger partial charge >= 0.3 is 0 Å². The summed E-state index contributed by atoms with van der Waals surface area (Å²) in [6.45, 7) is 5.22. The highest BCUT2D eigenvalue weighted by atomic mass is 35.5. The van der Waals surface area contributed by atoms with E-state index in [0.29, 0.717) is 12.0 Å². The predicted octanol–water partition coefficient (Wildman–Crippen LogP) is 2.66. The van der Waals surface area contributed by atoms with Crippen molar-refractivity contribution in [2.24, 2.45) is 0 Å². The number of piperidine rings is 1. The van der Waals surface area contributed by atoms with Crippen LogP contribution in [0.4, 0.5) is 0 Å². The van der Waals surface area contributed by atoms with Crippen LogP contribution in [0.1, 0.15) is 30.7 Å². The van der Waals surface area contributed by atoms with Crippen LogP contribution in [-0.2, 0) is 4.74 Å². The molecule has 0 bridgehead atoms. The molecule has 1 aromatic rings. The van der Waals surface area contributed by atoms with Gasteiger partial charge in [0.2, 0.25) is 0 Å². The summed E-state index contributed by atoms with van der Waals surface area (Å²) in [5.41, 5.74) is 1.42. The molecule has 4 nitrogen and oxygen atoms in total. The second kappa shape index (κ2) is 6.25. The van der Waals surface area contributed by atoms with Gasteiger partial charge in [0, 0.05) is 24.2 Å². The summed E-state index contributed by atoms with van der Waals surface area (Å²) >= 11 is 6.19. The van der Waals surface area contributed by atoms with Crippen molar-refractivity contribution in [3.8, 4) is 5.75 Å². The summed E-state index contributed by atoms with van der Waals surface area (Å²) in [6.07, 6.45) is 3.52. The molecule has 1 atom stereocenters. The topological polar surface area (TPSA) is 33.7 Å². The van der Waals surface area contributed by atoms with Crippen LogP contribution >= 0.6 is 11.6 Å². The number of nitrogens with one attached hydrogen (secondary N) is 1. The first-order valence-electron chi connectivity index (χ1n) is 8.61.